The molecule has 2 aromatic carbocycles. The lowest BCUT2D eigenvalue weighted by atomic mass is 10.2. The van der Waals surface area contributed by atoms with E-state index in [9.17, 15) is 0 Å². The molecule has 0 atom stereocenters. The SMILES string of the molecule is COc1ccc(NCCOc2cccc(C)c2)cc1Cl. The molecule has 0 saturated heterocycles. The lowest BCUT2D eigenvalue weighted by molar-refractivity contribution is 0.332. The number of aryl methyl sites for hydroxylation is 1. The molecule has 0 unspecified atom stereocenters. The van der Waals surface area contributed by atoms with Gasteiger partial charge >= 0.3 is 0 Å². The molecule has 1 N–H and O–H groups in total. The molecule has 0 aliphatic rings. The second-order valence-corrected chi connectivity index (χ2v) is 4.85. The fourth-order valence-electron chi connectivity index (χ4n) is 1.85. The molecule has 2 rings (SSSR count). The van der Waals surface area contributed by atoms with E-state index in [0.29, 0.717) is 23.9 Å². The maximum atomic E-state index is 6.06. The molecule has 20 heavy (non-hydrogen) atoms. The van der Waals surface area contributed by atoms with Gasteiger partial charge in [-0.2, -0.15) is 0 Å². The van der Waals surface area contributed by atoms with Gasteiger partial charge in [-0.05, 0) is 42.8 Å². The molecule has 3 nitrogen and oxygen atoms in total. The summed E-state index contributed by atoms with van der Waals surface area (Å²) in [5.41, 5.74) is 2.14. The number of anilines is 1. The second kappa shape index (κ2) is 7.06. The lowest BCUT2D eigenvalue weighted by Gasteiger charge is -2.10. The van der Waals surface area contributed by atoms with Crippen LogP contribution in [-0.2, 0) is 0 Å². The van der Waals surface area contributed by atoms with Crippen molar-refractivity contribution in [1.29, 1.82) is 0 Å². The van der Waals surface area contributed by atoms with Gasteiger partial charge in [-0.3, -0.25) is 0 Å². The summed E-state index contributed by atoms with van der Waals surface area (Å²) < 4.78 is 10.8. The monoisotopic (exact) mass is 291 g/mol. The molecule has 0 saturated carbocycles. The first kappa shape index (κ1) is 14.5. The predicted octanol–water partition coefficient (Wildman–Crippen LogP) is 4.15. The molecule has 0 fully saturated rings. The third kappa shape index (κ3) is 4.07. The van der Waals surface area contributed by atoms with E-state index < -0.39 is 0 Å². The highest BCUT2D eigenvalue weighted by Crippen LogP contribution is 2.27. The maximum absolute atomic E-state index is 6.06. The summed E-state index contributed by atoms with van der Waals surface area (Å²) in [5.74, 6) is 1.56. The minimum Gasteiger partial charge on any atom is -0.495 e. The first-order chi connectivity index (χ1) is 9.69. The van der Waals surface area contributed by atoms with Gasteiger partial charge in [-0.25, -0.2) is 0 Å². The van der Waals surface area contributed by atoms with Crippen molar-refractivity contribution < 1.29 is 9.47 Å². The third-order valence-corrected chi connectivity index (χ3v) is 3.14. The predicted molar refractivity (Wildman–Crippen MR) is 83.2 cm³/mol. The van der Waals surface area contributed by atoms with Gasteiger partial charge in [-0.15, -0.1) is 0 Å². The second-order valence-electron chi connectivity index (χ2n) is 4.44. The lowest BCUT2D eigenvalue weighted by Crippen LogP contribution is -2.11. The van der Waals surface area contributed by atoms with Gasteiger partial charge in [0.15, 0.2) is 0 Å². The summed E-state index contributed by atoms with van der Waals surface area (Å²) in [5, 5.41) is 3.85. The number of halogens is 1. The van der Waals surface area contributed by atoms with Crippen LogP contribution < -0.4 is 14.8 Å². The van der Waals surface area contributed by atoms with Gasteiger partial charge in [-0.1, -0.05) is 23.7 Å². The third-order valence-electron chi connectivity index (χ3n) is 2.84. The molecular formula is C16H18ClNO2. The minimum atomic E-state index is 0.590. The zero-order valence-electron chi connectivity index (χ0n) is 11.7. The van der Waals surface area contributed by atoms with Crippen molar-refractivity contribution in [1.82, 2.24) is 0 Å². The van der Waals surface area contributed by atoms with E-state index in [0.717, 1.165) is 11.4 Å². The van der Waals surface area contributed by atoms with Crippen LogP contribution in [0.3, 0.4) is 0 Å². The Balaban J connectivity index is 1.80. The number of hydrogen-bond donors (Lipinski definition) is 1. The molecule has 0 heterocycles. The van der Waals surface area contributed by atoms with E-state index in [1.54, 1.807) is 7.11 Å². The molecule has 0 spiro atoms. The van der Waals surface area contributed by atoms with Gasteiger partial charge in [0, 0.05) is 12.2 Å². The van der Waals surface area contributed by atoms with Crippen LogP contribution >= 0.6 is 11.6 Å². The Morgan fingerprint density at radius 3 is 2.70 bits per heavy atom. The normalized spacial score (nSPS) is 10.2. The molecule has 106 valence electrons. The summed E-state index contributed by atoms with van der Waals surface area (Å²) in [4.78, 5) is 0. The summed E-state index contributed by atoms with van der Waals surface area (Å²) in [7, 11) is 1.60. The Kier molecular flexibility index (Phi) is 5.13. The van der Waals surface area contributed by atoms with E-state index in [1.807, 2.05) is 49.4 Å². The molecule has 2 aromatic rings. The molecule has 0 aliphatic heterocycles. The topological polar surface area (TPSA) is 30.5 Å². The highest BCUT2D eigenvalue weighted by molar-refractivity contribution is 6.32. The fourth-order valence-corrected chi connectivity index (χ4v) is 2.10. The molecule has 0 radical (unpaired) electrons. The number of methoxy groups -OCH3 is 1. The summed E-state index contributed by atoms with van der Waals surface area (Å²) in [6.45, 7) is 3.34. The van der Waals surface area contributed by atoms with Gasteiger partial charge in [0.05, 0.1) is 12.1 Å². The quantitative estimate of drug-likeness (QED) is 0.811. The number of nitrogens with one attached hydrogen (secondary N) is 1. The van der Waals surface area contributed by atoms with E-state index in [1.165, 1.54) is 5.56 Å². The summed E-state index contributed by atoms with van der Waals surface area (Å²) in [6.07, 6.45) is 0. The van der Waals surface area contributed by atoms with Gasteiger partial charge in [0.1, 0.15) is 18.1 Å². The fraction of sp³-hybridized carbons (Fsp3) is 0.250. The Morgan fingerprint density at radius 2 is 2.00 bits per heavy atom. The molecule has 0 bridgehead atoms. The molecule has 0 aromatic heterocycles. The van der Waals surface area contributed by atoms with Crippen molar-refractivity contribution in [3.05, 3.63) is 53.1 Å². The zero-order chi connectivity index (χ0) is 14.4. The number of ether oxygens (including phenoxy) is 2. The van der Waals surface area contributed by atoms with Crippen LogP contribution in [0.1, 0.15) is 5.56 Å². The minimum absolute atomic E-state index is 0.590. The first-order valence-corrected chi connectivity index (χ1v) is 6.84. The molecule has 0 aliphatic carbocycles. The van der Waals surface area contributed by atoms with Gasteiger partial charge < -0.3 is 14.8 Å². The average Bonchev–Trinajstić information content (AvgIpc) is 2.44. The first-order valence-electron chi connectivity index (χ1n) is 6.46. The molecule has 0 amide bonds. The van der Waals surface area contributed by atoms with Crippen molar-refractivity contribution >= 4 is 17.3 Å². The summed E-state index contributed by atoms with van der Waals surface area (Å²) >= 11 is 6.06. The van der Waals surface area contributed by atoms with Crippen LogP contribution in [0.15, 0.2) is 42.5 Å². The summed E-state index contributed by atoms with van der Waals surface area (Å²) in [6, 6.07) is 13.6. The Hall–Kier alpha value is -1.87. The number of rotatable bonds is 6. The van der Waals surface area contributed by atoms with Crippen molar-refractivity contribution in [3.8, 4) is 11.5 Å². The Morgan fingerprint density at radius 1 is 1.15 bits per heavy atom. The molecular weight excluding hydrogens is 274 g/mol. The average molecular weight is 292 g/mol. The van der Waals surface area contributed by atoms with Crippen LogP contribution in [0.5, 0.6) is 11.5 Å². The van der Waals surface area contributed by atoms with Crippen molar-refractivity contribution in [2.24, 2.45) is 0 Å². The highest BCUT2D eigenvalue weighted by Gasteiger charge is 2.01. The largest absolute Gasteiger partial charge is 0.495 e. The zero-order valence-corrected chi connectivity index (χ0v) is 12.4. The Labute approximate surface area is 124 Å². The standard InChI is InChI=1S/C16H18ClNO2/c1-12-4-3-5-14(10-12)20-9-8-18-13-6-7-16(19-2)15(17)11-13/h3-7,10-11,18H,8-9H2,1-2H3. The Bertz CT molecular complexity index is 572. The van der Waals surface area contributed by atoms with E-state index in [4.69, 9.17) is 21.1 Å². The highest BCUT2D eigenvalue weighted by atomic mass is 35.5. The number of hydrogen-bond acceptors (Lipinski definition) is 3. The van der Waals surface area contributed by atoms with Crippen LogP contribution in [0, 0.1) is 6.92 Å². The molecule has 4 heteroatoms. The van der Waals surface area contributed by atoms with Crippen LogP contribution in [0.25, 0.3) is 0 Å². The van der Waals surface area contributed by atoms with E-state index in [-0.39, 0.29) is 0 Å². The van der Waals surface area contributed by atoms with Crippen molar-refractivity contribution in [3.63, 3.8) is 0 Å². The van der Waals surface area contributed by atoms with Crippen molar-refractivity contribution in [2.75, 3.05) is 25.6 Å². The van der Waals surface area contributed by atoms with Crippen LogP contribution in [0.2, 0.25) is 5.02 Å². The van der Waals surface area contributed by atoms with Gasteiger partial charge in [0.25, 0.3) is 0 Å². The maximum Gasteiger partial charge on any atom is 0.137 e. The number of benzene rings is 2. The van der Waals surface area contributed by atoms with Crippen LogP contribution in [-0.4, -0.2) is 20.3 Å². The smallest absolute Gasteiger partial charge is 0.137 e. The van der Waals surface area contributed by atoms with E-state index in [2.05, 4.69) is 5.32 Å². The van der Waals surface area contributed by atoms with E-state index >= 15 is 0 Å². The van der Waals surface area contributed by atoms with Crippen LogP contribution in [0.4, 0.5) is 5.69 Å². The van der Waals surface area contributed by atoms with Crippen molar-refractivity contribution in [2.45, 2.75) is 6.92 Å². The van der Waals surface area contributed by atoms with Gasteiger partial charge in [0.2, 0.25) is 0 Å².